The average molecular weight is 556 g/mol. The van der Waals surface area contributed by atoms with Crippen molar-refractivity contribution in [2.75, 3.05) is 19.6 Å². The Kier molecular flexibility index (Phi) is 7.28. The molecule has 0 radical (unpaired) electrons. The van der Waals surface area contributed by atoms with Crippen LogP contribution in [-0.4, -0.2) is 50.2 Å². The van der Waals surface area contributed by atoms with Crippen molar-refractivity contribution < 1.29 is 18.0 Å². The van der Waals surface area contributed by atoms with E-state index in [1.165, 1.54) is 61.0 Å². The number of nitrogens with one attached hydrogen (secondary N) is 2. The molecule has 0 unspecified atom stereocenters. The van der Waals surface area contributed by atoms with Gasteiger partial charge in [-0.2, -0.15) is 4.31 Å². The smallest absolute Gasteiger partial charge is 0.251 e. The molecule has 6 rings (SSSR count). The molecule has 39 heavy (non-hydrogen) atoms. The standard InChI is InChI=1S/C31H45N3O4S/c1-6-26(35)33-28-29(2,3)19-34(20-30(28,4)5)39(37,38)25-9-7-24(8-10-25)27(36)32-12-11-31-16-21-13-22(17-31)15-23(14-21)18-31/h6-10,21-23,28H,1,11-20H2,2-5H3,(H,32,36)(H,33,35). The van der Waals surface area contributed by atoms with E-state index in [0.29, 0.717) is 17.5 Å². The van der Waals surface area contributed by atoms with Crippen LogP contribution in [0.25, 0.3) is 0 Å². The molecule has 2 amide bonds. The number of nitrogens with zero attached hydrogens (tertiary/aromatic N) is 1. The first-order valence-electron chi connectivity index (χ1n) is 14.5. The third kappa shape index (κ3) is 5.56. The minimum absolute atomic E-state index is 0.148. The molecule has 1 aromatic rings. The quantitative estimate of drug-likeness (QED) is 0.453. The molecule has 4 saturated carbocycles. The highest BCUT2D eigenvalue weighted by Gasteiger charge is 2.51. The molecule has 4 aliphatic carbocycles. The number of benzene rings is 1. The normalized spacial score (nSPS) is 31.5. The summed E-state index contributed by atoms with van der Waals surface area (Å²) in [6.45, 7) is 12.7. The zero-order valence-electron chi connectivity index (χ0n) is 24.0. The topological polar surface area (TPSA) is 95.6 Å². The first kappa shape index (κ1) is 28.3. The minimum atomic E-state index is -3.78. The predicted molar refractivity (Wildman–Crippen MR) is 152 cm³/mol. The molecule has 1 saturated heterocycles. The van der Waals surface area contributed by atoms with Gasteiger partial charge in [-0.3, -0.25) is 9.59 Å². The number of rotatable bonds is 8. The van der Waals surface area contributed by atoms with Crippen molar-refractivity contribution in [3.8, 4) is 0 Å². The molecular weight excluding hydrogens is 510 g/mol. The lowest BCUT2D eigenvalue weighted by Crippen LogP contribution is -2.64. The van der Waals surface area contributed by atoms with Gasteiger partial charge in [0.15, 0.2) is 0 Å². The first-order valence-corrected chi connectivity index (χ1v) is 16.0. The molecule has 5 fully saturated rings. The molecule has 2 N–H and O–H groups in total. The summed E-state index contributed by atoms with van der Waals surface area (Å²) in [5.41, 5.74) is -0.0942. The molecule has 4 bridgehead atoms. The summed E-state index contributed by atoms with van der Waals surface area (Å²) in [5.74, 6) is 2.28. The van der Waals surface area contributed by atoms with Gasteiger partial charge in [0.05, 0.1) is 4.90 Å². The molecule has 0 aromatic heterocycles. The zero-order chi connectivity index (χ0) is 28.2. The summed E-state index contributed by atoms with van der Waals surface area (Å²) in [6.07, 6.45) is 10.5. The Balaban J connectivity index is 1.21. The Labute approximate surface area is 234 Å². The van der Waals surface area contributed by atoms with E-state index in [9.17, 15) is 18.0 Å². The lowest BCUT2D eigenvalue weighted by Gasteiger charge is -2.57. The fourth-order valence-corrected chi connectivity index (χ4v) is 10.8. The van der Waals surface area contributed by atoms with Crippen molar-refractivity contribution in [3.05, 3.63) is 42.5 Å². The second-order valence-electron chi connectivity index (χ2n) is 14.3. The maximum Gasteiger partial charge on any atom is 0.251 e. The van der Waals surface area contributed by atoms with Crippen LogP contribution in [0.5, 0.6) is 0 Å². The van der Waals surface area contributed by atoms with Crippen LogP contribution in [0.4, 0.5) is 0 Å². The highest BCUT2D eigenvalue weighted by atomic mass is 32.2. The Bertz CT molecular complexity index is 1180. The molecule has 0 atom stereocenters. The van der Waals surface area contributed by atoms with Crippen molar-refractivity contribution in [1.29, 1.82) is 0 Å². The molecule has 7 nitrogen and oxygen atoms in total. The number of amides is 2. The molecule has 1 heterocycles. The SMILES string of the molecule is C=CC(=O)NC1C(C)(C)CN(S(=O)(=O)c2ccc(C(=O)NCCC34CC5CC(CC(C5)C3)C4)cc2)CC1(C)C. The van der Waals surface area contributed by atoms with Gasteiger partial charge >= 0.3 is 0 Å². The van der Waals surface area contributed by atoms with Gasteiger partial charge < -0.3 is 10.6 Å². The molecule has 1 aromatic carbocycles. The fraction of sp³-hybridized carbons (Fsp3) is 0.677. The van der Waals surface area contributed by atoms with Gasteiger partial charge in [-0.25, -0.2) is 8.42 Å². The molecule has 5 aliphatic rings. The Hall–Kier alpha value is -2.19. The molecule has 1 aliphatic heterocycles. The van der Waals surface area contributed by atoms with E-state index in [2.05, 4.69) is 17.2 Å². The molecule has 8 heteroatoms. The number of carbonyl (C=O) groups is 2. The molecule has 214 valence electrons. The highest BCUT2D eigenvalue weighted by molar-refractivity contribution is 7.89. The number of hydrogen-bond donors (Lipinski definition) is 2. The van der Waals surface area contributed by atoms with Crippen molar-refractivity contribution in [3.63, 3.8) is 0 Å². The van der Waals surface area contributed by atoms with E-state index in [4.69, 9.17) is 0 Å². The Morgan fingerprint density at radius 1 is 0.949 bits per heavy atom. The van der Waals surface area contributed by atoms with Gasteiger partial charge in [0.1, 0.15) is 0 Å². The lowest BCUT2D eigenvalue weighted by molar-refractivity contribution is -0.120. The number of sulfonamides is 1. The van der Waals surface area contributed by atoms with Crippen LogP contribution in [0.15, 0.2) is 41.8 Å². The maximum absolute atomic E-state index is 13.6. The van der Waals surface area contributed by atoms with E-state index in [0.717, 1.165) is 24.2 Å². The van der Waals surface area contributed by atoms with Crippen molar-refractivity contribution >= 4 is 21.8 Å². The first-order chi connectivity index (χ1) is 18.2. The summed E-state index contributed by atoms with van der Waals surface area (Å²) < 4.78 is 28.8. The van der Waals surface area contributed by atoms with Crippen LogP contribution < -0.4 is 10.6 Å². The van der Waals surface area contributed by atoms with E-state index in [1.807, 2.05) is 27.7 Å². The Morgan fingerprint density at radius 2 is 1.46 bits per heavy atom. The summed E-state index contributed by atoms with van der Waals surface area (Å²) in [4.78, 5) is 25.1. The monoisotopic (exact) mass is 555 g/mol. The van der Waals surface area contributed by atoms with Gasteiger partial charge in [-0.05, 0) is 109 Å². The van der Waals surface area contributed by atoms with Crippen LogP contribution in [0, 0.1) is 34.0 Å². The minimum Gasteiger partial charge on any atom is -0.352 e. The number of hydrogen-bond acceptors (Lipinski definition) is 4. The predicted octanol–water partition coefficient (Wildman–Crippen LogP) is 4.75. The van der Waals surface area contributed by atoms with Crippen LogP contribution >= 0.6 is 0 Å². The van der Waals surface area contributed by atoms with Gasteiger partial charge in [0.25, 0.3) is 5.91 Å². The van der Waals surface area contributed by atoms with Gasteiger partial charge in [0, 0.05) is 31.2 Å². The third-order valence-electron chi connectivity index (χ3n) is 10.1. The maximum atomic E-state index is 13.6. The van der Waals surface area contributed by atoms with E-state index < -0.39 is 20.9 Å². The number of piperidine rings is 1. The van der Waals surface area contributed by atoms with Crippen LogP contribution in [-0.2, 0) is 14.8 Å². The van der Waals surface area contributed by atoms with E-state index in [1.54, 1.807) is 12.1 Å². The van der Waals surface area contributed by atoms with Crippen molar-refractivity contribution in [2.24, 2.45) is 34.0 Å². The highest BCUT2D eigenvalue weighted by Crippen LogP contribution is 2.61. The van der Waals surface area contributed by atoms with E-state index in [-0.39, 0.29) is 35.8 Å². The Morgan fingerprint density at radius 3 is 1.95 bits per heavy atom. The number of carbonyl (C=O) groups excluding carboxylic acids is 2. The fourth-order valence-electron chi connectivity index (χ4n) is 9.03. The third-order valence-corrected chi connectivity index (χ3v) is 11.9. The second-order valence-corrected chi connectivity index (χ2v) is 16.3. The molecular formula is C31H45N3O4S. The van der Waals surface area contributed by atoms with Gasteiger partial charge in [0.2, 0.25) is 15.9 Å². The van der Waals surface area contributed by atoms with E-state index >= 15 is 0 Å². The van der Waals surface area contributed by atoms with Gasteiger partial charge in [-0.15, -0.1) is 0 Å². The lowest BCUT2D eigenvalue weighted by atomic mass is 9.49. The zero-order valence-corrected chi connectivity index (χ0v) is 24.8. The summed E-state index contributed by atoms with van der Waals surface area (Å²) in [5, 5.41) is 6.11. The largest absolute Gasteiger partial charge is 0.352 e. The molecule has 0 spiro atoms. The van der Waals surface area contributed by atoms with Crippen molar-refractivity contribution in [1.82, 2.24) is 14.9 Å². The van der Waals surface area contributed by atoms with Crippen LogP contribution in [0.2, 0.25) is 0 Å². The summed E-state index contributed by atoms with van der Waals surface area (Å²) in [6, 6.07) is 6.08. The average Bonchev–Trinajstić information content (AvgIpc) is 2.84. The van der Waals surface area contributed by atoms with Gasteiger partial charge in [-0.1, -0.05) is 34.3 Å². The summed E-state index contributed by atoms with van der Waals surface area (Å²) in [7, 11) is -3.78. The van der Waals surface area contributed by atoms with Crippen LogP contribution in [0.3, 0.4) is 0 Å². The van der Waals surface area contributed by atoms with Crippen molar-refractivity contribution in [2.45, 2.75) is 83.6 Å². The van der Waals surface area contributed by atoms with Crippen LogP contribution in [0.1, 0.15) is 83.0 Å². The second kappa shape index (κ2) is 10.0. The summed E-state index contributed by atoms with van der Waals surface area (Å²) >= 11 is 0.